The van der Waals surface area contributed by atoms with Gasteiger partial charge in [-0.15, -0.1) is 0 Å². The van der Waals surface area contributed by atoms with E-state index in [1.165, 1.54) is 13.0 Å². The lowest BCUT2D eigenvalue weighted by Crippen LogP contribution is -2.01. The molecule has 1 aromatic rings. The minimum Gasteiger partial charge on any atom is -0.427 e. The number of nitrogens with zero attached hydrogens (tertiary/aromatic N) is 1. The molecule has 22 heavy (non-hydrogen) atoms. The second kappa shape index (κ2) is 8.50. The Morgan fingerprint density at radius 1 is 1.23 bits per heavy atom. The van der Waals surface area contributed by atoms with Crippen molar-refractivity contribution >= 4 is 19.6 Å². The van der Waals surface area contributed by atoms with Crippen molar-refractivity contribution in [2.75, 3.05) is 13.2 Å². The van der Waals surface area contributed by atoms with Crippen LogP contribution in [0.2, 0.25) is 0 Å². The zero-order chi connectivity index (χ0) is 16.6. The Kier molecular flexibility index (Phi) is 7.00. The lowest BCUT2D eigenvalue weighted by Gasteiger charge is -2.15. The van der Waals surface area contributed by atoms with Crippen LogP contribution in [-0.4, -0.2) is 19.2 Å². The molecule has 0 bridgehead atoms. The van der Waals surface area contributed by atoms with Crippen molar-refractivity contribution in [3.05, 3.63) is 35.1 Å². The smallest absolute Gasteiger partial charge is 0.371 e. The minimum atomic E-state index is -3.61. The number of carbonyl (C=O) groups is 1. The normalized spacial score (nSPS) is 11.8. The van der Waals surface area contributed by atoms with E-state index >= 15 is 0 Å². The zero-order valence-electron chi connectivity index (χ0n) is 12.7. The van der Waals surface area contributed by atoms with E-state index in [0.717, 1.165) is 0 Å². The summed E-state index contributed by atoms with van der Waals surface area (Å²) in [4.78, 5) is 10.9. The molecule has 1 rings (SSSR count). The SMILES string of the molecule is CCOP(=O)(OCC)C(C#N)=Cc1ccc(OC(C)=O)cc1. The van der Waals surface area contributed by atoms with Crippen molar-refractivity contribution in [2.24, 2.45) is 0 Å². The third-order valence-electron chi connectivity index (χ3n) is 2.45. The Balaban J connectivity index is 3.08. The van der Waals surface area contributed by atoms with Gasteiger partial charge in [-0.3, -0.25) is 9.36 Å². The minimum absolute atomic E-state index is 0.0727. The van der Waals surface area contributed by atoms with Gasteiger partial charge in [-0.2, -0.15) is 5.26 Å². The summed E-state index contributed by atoms with van der Waals surface area (Å²) in [7, 11) is -3.61. The summed E-state index contributed by atoms with van der Waals surface area (Å²) in [6.45, 7) is 4.99. The number of benzene rings is 1. The number of hydrogen-bond acceptors (Lipinski definition) is 6. The van der Waals surface area contributed by atoms with Crippen LogP contribution in [0.1, 0.15) is 26.3 Å². The van der Waals surface area contributed by atoms with Gasteiger partial charge >= 0.3 is 13.6 Å². The van der Waals surface area contributed by atoms with E-state index in [2.05, 4.69) is 0 Å². The first-order chi connectivity index (χ1) is 10.4. The molecule has 0 heterocycles. The summed E-state index contributed by atoms with van der Waals surface area (Å²) in [5.74, 6) is -0.0286. The molecule has 0 amide bonds. The number of rotatable bonds is 7. The molecule has 0 aliphatic carbocycles. The van der Waals surface area contributed by atoms with Gasteiger partial charge in [0.25, 0.3) is 0 Å². The average molecular weight is 323 g/mol. The molecule has 0 spiro atoms. The fraction of sp³-hybridized carbons (Fsp3) is 0.333. The Labute approximate surface area is 129 Å². The maximum Gasteiger partial charge on any atom is 0.371 e. The molecule has 118 valence electrons. The van der Waals surface area contributed by atoms with E-state index in [1.54, 1.807) is 38.1 Å². The van der Waals surface area contributed by atoms with Gasteiger partial charge in [-0.25, -0.2) is 0 Å². The van der Waals surface area contributed by atoms with Crippen molar-refractivity contribution in [1.82, 2.24) is 0 Å². The average Bonchev–Trinajstić information content (AvgIpc) is 2.46. The van der Waals surface area contributed by atoms with Gasteiger partial charge in [0.05, 0.1) is 13.2 Å². The highest BCUT2D eigenvalue weighted by Crippen LogP contribution is 2.56. The zero-order valence-corrected chi connectivity index (χ0v) is 13.6. The molecule has 0 aromatic heterocycles. The Hall–Kier alpha value is -1.93. The van der Waals surface area contributed by atoms with Crippen molar-refractivity contribution in [2.45, 2.75) is 20.8 Å². The maximum absolute atomic E-state index is 12.6. The molecule has 0 fully saturated rings. The highest BCUT2D eigenvalue weighted by atomic mass is 31.2. The monoisotopic (exact) mass is 323 g/mol. The van der Waals surface area contributed by atoms with E-state index in [9.17, 15) is 14.6 Å². The lowest BCUT2D eigenvalue weighted by molar-refractivity contribution is -0.131. The summed E-state index contributed by atoms with van der Waals surface area (Å²) in [5, 5.41) is 9.16. The van der Waals surface area contributed by atoms with Crippen molar-refractivity contribution in [3.8, 4) is 11.8 Å². The highest BCUT2D eigenvalue weighted by Gasteiger charge is 2.29. The van der Waals surface area contributed by atoms with Crippen LogP contribution in [0.3, 0.4) is 0 Å². The second-order valence-electron chi connectivity index (χ2n) is 4.14. The summed E-state index contributed by atoms with van der Waals surface area (Å²) in [6, 6.07) is 8.30. The van der Waals surface area contributed by atoms with Gasteiger partial charge in [0.1, 0.15) is 17.1 Å². The van der Waals surface area contributed by atoms with Gasteiger partial charge in [0.15, 0.2) is 0 Å². The van der Waals surface area contributed by atoms with Gasteiger partial charge in [0, 0.05) is 6.92 Å². The van der Waals surface area contributed by atoms with Crippen LogP contribution < -0.4 is 4.74 Å². The number of nitriles is 1. The van der Waals surface area contributed by atoms with Gasteiger partial charge < -0.3 is 13.8 Å². The standard InChI is InChI=1S/C15H18NO5P/c1-4-19-22(18,20-5-2)15(11-16)10-13-6-8-14(9-7-13)21-12(3)17/h6-10H,4-5H2,1-3H3. The van der Waals surface area contributed by atoms with E-state index in [1.807, 2.05) is 6.07 Å². The van der Waals surface area contributed by atoms with Crippen molar-refractivity contribution in [1.29, 1.82) is 5.26 Å². The van der Waals surface area contributed by atoms with Crippen LogP contribution in [0.15, 0.2) is 29.6 Å². The third kappa shape index (κ3) is 5.12. The number of esters is 1. The maximum atomic E-state index is 12.6. The predicted octanol–water partition coefficient (Wildman–Crippen LogP) is 3.74. The van der Waals surface area contributed by atoms with E-state index < -0.39 is 13.6 Å². The van der Waals surface area contributed by atoms with Crippen LogP contribution in [0.5, 0.6) is 5.75 Å². The molecule has 6 nitrogen and oxygen atoms in total. The third-order valence-corrected chi connectivity index (χ3v) is 4.47. The first kappa shape index (κ1) is 18.1. The second-order valence-corrected chi connectivity index (χ2v) is 6.13. The van der Waals surface area contributed by atoms with E-state index in [-0.39, 0.29) is 18.5 Å². The first-order valence-corrected chi connectivity index (χ1v) is 8.29. The summed E-state index contributed by atoms with van der Waals surface area (Å²) >= 11 is 0. The van der Waals surface area contributed by atoms with Crippen LogP contribution in [0, 0.1) is 11.3 Å². The van der Waals surface area contributed by atoms with Crippen molar-refractivity contribution in [3.63, 3.8) is 0 Å². The molecular weight excluding hydrogens is 305 g/mol. The molecule has 1 aromatic carbocycles. The topological polar surface area (TPSA) is 85.6 Å². The van der Waals surface area contributed by atoms with Crippen LogP contribution in [0.4, 0.5) is 0 Å². The Bertz CT molecular complexity index is 620. The predicted molar refractivity (Wildman–Crippen MR) is 82.2 cm³/mol. The summed E-state index contributed by atoms with van der Waals surface area (Å²) in [5.41, 5.74) is 0.618. The number of ether oxygens (including phenoxy) is 1. The Morgan fingerprint density at radius 2 is 1.77 bits per heavy atom. The molecule has 0 N–H and O–H groups in total. The van der Waals surface area contributed by atoms with Gasteiger partial charge in [0.2, 0.25) is 0 Å². The quantitative estimate of drug-likeness (QED) is 0.329. The van der Waals surface area contributed by atoms with Crippen molar-refractivity contribution < 1.29 is 23.1 Å². The van der Waals surface area contributed by atoms with Crippen LogP contribution >= 0.6 is 7.60 Å². The largest absolute Gasteiger partial charge is 0.427 e. The molecule has 0 unspecified atom stereocenters. The number of allylic oxidation sites excluding steroid dienone is 1. The number of carbonyl (C=O) groups excluding carboxylic acids is 1. The van der Waals surface area contributed by atoms with E-state index in [4.69, 9.17) is 13.8 Å². The molecule has 7 heteroatoms. The molecule has 0 atom stereocenters. The fourth-order valence-corrected chi connectivity index (χ4v) is 3.11. The highest BCUT2D eigenvalue weighted by molar-refractivity contribution is 7.59. The molecule has 0 aliphatic rings. The molecule has 0 aliphatic heterocycles. The molecular formula is C15H18NO5P. The number of hydrogen-bond donors (Lipinski definition) is 0. The van der Waals surface area contributed by atoms with Gasteiger partial charge in [-0.1, -0.05) is 12.1 Å². The molecule has 0 radical (unpaired) electrons. The lowest BCUT2D eigenvalue weighted by atomic mass is 10.2. The molecule has 0 saturated carbocycles. The summed E-state index contributed by atoms with van der Waals surface area (Å²) in [6.07, 6.45) is 1.43. The Morgan fingerprint density at radius 3 is 2.18 bits per heavy atom. The summed E-state index contributed by atoms with van der Waals surface area (Å²) < 4.78 is 27.8. The fourth-order valence-electron chi connectivity index (χ4n) is 1.64. The first-order valence-electron chi connectivity index (χ1n) is 6.75. The van der Waals surface area contributed by atoms with Crippen LogP contribution in [0.25, 0.3) is 6.08 Å². The van der Waals surface area contributed by atoms with Crippen LogP contribution in [-0.2, 0) is 18.4 Å². The van der Waals surface area contributed by atoms with E-state index in [0.29, 0.717) is 11.3 Å². The molecule has 0 saturated heterocycles. The van der Waals surface area contributed by atoms with Gasteiger partial charge in [-0.05, 0) is 37.6 Å².